The van der Waals surface area contributed by atoms with E-state index in [-0.39, 0.29) is 24.6 Å². The average Bonchev–Trinajstić information content (AvgIpc) is 2.81. The third-order valence-electron chi connectivity index (χ3n) is 5.93. The van der Waals surface area contributed by atoms with Crippen LogP contribution in [0.5, 0.6) is 5.75 Å². The number of halogens is 1. The molecule has 31 heavy (non-hydrogen) atoms. The summed E-state index contributed by atoms with van der Waals surface area (Å²) in [5.74, 6) is 0.761. The third kappa shape index (κ3) is 6.12. The highest BCUT2D eigenvalue weighted by Crippen LogP contribution is 2.40. The van der Waals surface area contributed by atoms with Crippen LogP contribution in [0.15, 0.2) is 48.5 Å². The summed E-state index contributed by atoms with van der Waals surface area (Å²) in [6.45, 7) is 2.41. The first-order valence-electron chi connectivity index (χ1n) is 10.7. The highest BCUT2D eigenvalue weighted by molar-refractivity contribution is 6.30. The van der Waals surface area contributed by atoms with Crippen LogP contribution in [-0.4, -0.2) is 62.6 Å². The number of ether oxygens (including phenoxy) is 2. The Labute approximate surface area is 189 Å². The molecular weight excluding hydrogens is 416 g/mol. The lowest BCUT2D eigenvalue weighted by Crippen LogP contribution is -2.49. The SMILES string of the molecule is COc1ccc(Cl)cc1C1(CNC(=O)N(CCO)CCc2ccccc2)CCOCC1. The molecule has 6 nitrogen and oxygen atoms in total. The number of rotatable bonds is 9. The number of amides is 2. The van der Waals surface area contributed by atoms with E-state index >= 15 is 0 Å². The predicted molar refractivity (Wildman–Crippen MR) is 122 cm³/mol. The van der Waals surface area contributed by atoms with Crippen molar-refractivity contribution in [2.24, 2.45) is 0 Å². The summed E-state index contributed by atoms with van der Waals surface area (Å²) >= 11 is 6.30. The zero-order valence-corrected chi connectivity index (χ0v) is 18.7. The van der Waals surface area contributed by atoms with Gasteiger partial charge in [-0.2, -0.15) is 0 Å². The third-order valence-corrected chi connectivity index (χ3v) is 6.17. The molecule has 168 valence electrons. The second-order valence-electron chi connectivity index (χ2n) is 7.84. The molecule has 1 aliphatic heterocycles. The normalized spacial score (nSPS) is 15.3. The topological polar surface area (TPSA) is 71.0 Å². The Morgan fingerprint density at radius 3 is 2.61 bits per heavy atom. The van der Waals surface area contributed by atoms with Crippen LogP contribution in [0.25, 0.3) is 0 Å². The molecule has 2 aromatic carbocycles. The van der Waals surface area contributed by atoms with Gasteiger partial charge >= 0.3 is 6.03 Å². The minimum absolute atomic E-state index is 0.0801. The molecule has 0 spiro atoms. The molecular formula is C24H31ClN2O4. The van der Waals surface area contributed by atoms with Crippen LogP contribution in [0.4, 0.5) is 4.79 Å². The van der Waals surface area contributed by atoms with E-state index in [1.54, 1.807) is 12.0 Å². The molecule has 0 radical (unpaired) electrons. The molecule has 0 aliphatic carbocycles. The minimum Gasteiger partial charge on any atom is -0.496 e. The van der Waals surface area contributed by atoms with E-state index in [2.05, 4.69) is 5.32 Å². The van der Waals surface area contributed by atoms with Crippen molar-refractivity contribution < 1.29 is 19.4 Å². The van der Waals surface area contributed by atoms with Gasteiger partial charge in [0.1, 0.15) is 5.75 Å². The van der Waals surface area contributed by atoms with Crippen molar-refractivity contribution in [2.45, 2.75) is 24.7 Å². The number of nitrogens with zero attached hydrogens (tertiary/aromatic N) is 1. The van der Waals surface area contributed by atoms with Crippen molar-refractivity contribution in [3.63, 3.8) is 0 Å². The molecule has 0 aromatic heterocycles. The molecule has 0 unspecified atom stereocenters. The fourth-order valence-corrected chi connectivity index (χ4v) is 4.27. The lowest BCUT2D eigenvalue weighted by Gasteiger charge is -2.39. The highest BCUT2D eigenvalue weighted by atomic mass is 35.5. The predicted octanol–water partition coefficient (Wildman–Crippen LogP) is 3.64. The maximum absolute atomic E-state index is 13.0. The van der Waals surface area contributed by atoms with Crippen molar-refractivity contribution in [3.8, 4) is 5.75 Å². The van der Waals surface area contributed by atoms with Gasteiger partial charge in [0.05, 0.1) is 13.7 Å². The fourth-order valence-electron chi connectivity index (χ4n) is 4.10. The molecule has 1 saturated heterocycles. The molecule has 7 heteroatoms. The summed E-state index contributed by atoms with van der Waals surface area (Å²) in [6, 6.07) is 15.4. The largest absolute Gasteiger partial charge is 0.496 e. The van der Waals surface area contributed by atoms with Crippen molar-refractivity contribution >= 4 is 17.6 Å². The standard InChI is InChI=1S/C24H31ClN2O4/c1-30-22-8-7-20(25)17-21(22)24(10-15-31-16-11-24)18-26-23(29)27(13-14-28)12-9-19-5-3-2-4-6-19/h2-8,17,28H,9-16,18H2,1H3,(H,26,29). The van der Waals surface area contributed by atoms with E-state index in [0.29, 0.717) is 31.3 Å². The van der Waals surface area contributed by atoms with Crippen LogP contribution in [0, 0.1) is 0 Å². The molecule has 0 saturated carbocycles. The lowest BCUT2D eigenvalue weighted by atomic mass is 9.73. The van der Waals surface area contributed by atoms with Gasteiger partial charge in [-0.05, 0) is 43.0 Å². The van der Waals surface area contributed by atoms with Gasteiger partial charge < -0.3 is 24.8 Å². The van der Waals surface area contributed by atoms with E-state index in [4.69, 9.17) is 21.1 Å². The summed E-state index contributed by atoms with van der Waals surface area (Å²) in [7, 11) is 1.64. The van der Waals surface area contributed by atoms with Crippen molar-refractivity contribution in [2.75, 3.05) is 46.6 Å². The zero-order valence-electron chi connectivity index (χ0n) is 18.0. The zero-order chi connectivity index (χ0) is 22.1. The summed E-state index contributed by atoms with van der Waals surface area (Å²) < 4.78 is 11.2. The van der Waals surface area contributed by atoms with Crippen LogP contribution in [0.3, 0.4) is 0 Å². The Hall–Kier alpha value is -2.28. The average molecular weight is 447 g/mol. The number of hydrogen-bond donors (Lipinski definition) is 2. The number of hydrogen-bond acceptors (Lipinski definition) is 4. The fraction of sp³-hybridized carbons (Fsp3) is 0.458. The Bertz CT molecular complexity index is 841. The Balaban J connectivity index is 1.72. The molecule has 3 rings (SSSR count). The monoisotopic (exact) mass is 446 g/mol. The Kier molecular flexibility index (Phi) is 8.58. The first-order chi connectivity index (χ1) is 15.1. The van der Waals surface area contributed by atoms with Gasteiger partial charge in [0.25, 0.3) is 0 Å². The van der Waals surface area contributed by atoms with Gasteiger partial charge in [0.2, 0.25) is 0 Å². The quantitative estimate of drug-likeness (QED) is 0.617. The molecule has 0 atom stereocenters. The van der Waals surface area contributed by atoms with Crippen LogP contribution in [0.1, 0.15) is 24.0 Å². The van der Waals surface area contributed by atoms with Crippen LogP contribution >= 0.6 is 11.6 Å². The number of urea groups is 1. The molecule has 1 heterocycles. The van der Waals surface area contributed by atoms with Gasteiger partial charge in [-0.25, -0.2) is 4.79 Å². The Morgan fingerprint density at radius 2 is 1.94 bits per heavy atom. The maximum Gasteiger partial charge on any atom is 0.317 e. The van der Waals surface area contributed by atoms with E-state index in [9.17, 15) is 9.90 Å². The second-order valence-corrected chi connectivity index (χ2v) is 8.28. The molecule has 2 amide bonds. The number of carbonyl (C=O) groups is 1. The molecule has 0 bridgehead atoms. The number of benzene rings is 2. The minimum atomic E-state index is -0.325. The van der Waals surface area contributed by atoms with Crippen LogP contribution < -0.4 is 10.1 Å². The Morgan fingerprint density at radius 1 is 1.19 bits per heavy atom. The molecule has 2 aromatic rings. The maximum atomic E-state index is 13.0. The van der Waals surface area contributed by atoms with Gasteiger partial charge in [0, 0.05) is 48.8 Å². The lowest BCUT2D eigenvalue weighted by molar-refractivity contribution is 0.0492. The molecule has 2 N–H and O–H groups in total. The number of methoxy groups -OCH3 is 1. The number of aliphatic hydroxyl groups is 1. The highest BCUT2D eigenvalue weighted by Gasteiger charge is 2.37. The van der Waals surface area contributed by atoms with Crippen LogP contribution in [0.2, 0.25) is 5.02 Å². The van der Waals surface area contributed by atoms with Crippen molar-refractivity contribution in [1.29, 1.82) is 0 Å². The smallest absolute Gasteiger partial charge is 0.317 e. The number of aliphatic hydroxyl groups excluding tert-OH is 1. The number of carbonyl (C=O) groups excluding carboxylic acids is 1. The van der Waals surface area contributed by atoms with Crippen molar-refractivity contribution in [1.82, 2.24) is 10.2 Å². The first-order valence-corrected chi connectivity index (χ1v) is 11.0. The van der Waals surface area contributed by atoms with E-state index in [0.717, 1.165) is 36.1 Å². The summed E-state index contributed by atoms with van der Waals surface area (Å²) in [6.07, 6.45) is 2.25. The summed E-state index contributed by atoms with van der Waals surface area (Å²) in [4.78, 5) is 14.7. The second kappa shape index (κ2) is 11.4. The van der Waals surface area contributed by atoms with E-state index in [1.165, 1.54) is 0 Å². The molecule has 1 aliphatic rings. The summed E-state index contributed by atoms with van der Waals surface area (Å²) in [5, 5.41) is 13.2. The van der Waals surface area contributed by atoms with Gasteiger partial charge in [-0.1, -0.05) is 41.9 Å². The van der Waals surface area contributed by atoms with E-state index in [1.807, 2.05) is 48.5 Å². The van der Waals surface area contributed by atoms with Gasteiger partial charge in [-0.3, -0.25) is 0 Å². The van der Waals surface area contributed by atoms with E-state index < -0.39 is 0 Å². The van der Waals surface area contributed by atoms with Gasteiger partial charge in [-0.15, -0.1) is 0 Å². The van der Waals surface area contributed by atoms with Crippen LogP contribution in [-0.2, 0) is 16.6 Å². The summed E-state index contributed by atoms with van der Waals surface area (Å²) in [5.41, 5.74) is 1.82. The molecule has 1 fully saturated rings. The van der Waals surface area contributed by atoms with Crippen molar-refractivity contribution in [3.05, 3.63) is 64.7 Å². The number of nitrogens with one attached hydrogen (secondary N) is 1. The first kappa shape index (κ1) is 23.4. The van der Waals surface area contributed by atoms with Gasteiger partial charge in [0.15, 0.2) is 0 Å².